The number of anilines is 1. The zero-order chi connectivity index (χ0) is 21.1. The summed E-state index contributed by atoms with van der Waals surface area (Å²) in [4.78, 5) is 30.0. The molecule has 0 atom stereocenters. The number of fused-ring (bicyclic) bond motifs is 1. The standard InChI is InChI=1S/C20H21N5O3S2/c1-28-12-8-6-11(7-9-12)18-23-20(25-24-18)29-10-15(26)22-19-16(17(21)27)13-4-2-3-5-14(13)30-19/h6-9H,2-5,10H2,1H3,(H2,21,27)(H,22,26)(H,23,24,25). The number of aromatic nitrogens is 3. The molecule has 0 unspecified atom stereocenters. The number of amides is 2. The third-order valence-electron chi connectivity index (χ3n) is 4.83. The predicted molar refractivity (Wildman–Crippen MR) is 117 cm³/mol. The van der Waals surface area contributed by atoms with Gasteiger partial charge in [0.05, 0.1) is 18.4 Å². The molecule has 1 aromatic carbocycles. The minimum absolute atomic E-state index is 0.126. The summed E-state index contributed by atoms with van der Waals surface area (Å²) in [5, 5.41) is 10.9. The highest BCUT2D eigenvalue weighted by atomic mass is 32.2. The Labute approximate surface area is 181 Å². The van der Waals surface area contributed by atoms with E-state index in [0.29, 0.717) is 21.5 Å². The first-order valence-corrected chi connectivity index (χ1v) is 11.3. The molecule has 2 amide bonds. The van der Waals surface area contributed by atoms with E-state index in [1.54, 1.807) is 7.11 Å². The predicted octanol–water partition coefficient (Wildman–Crippen LogP) is 3.25. The lowest BCUT2D eigenvalue weighted by molar-refractivity contribution is -0.113. The van der Waals surface area contributed by atoms with E-state index in [2.05, 4.69) is 20.5 Å². The fourth-order valence-electron chi connectivity index (χ4n) is 3.40. The molecule has 156 valence electrons. The molecule has 0 aliphatic heterocycles. The molecule has 1 aliphatic rings. The SMILES string of the molecule is COc1ccc(-c2nc(SCC(=O)Nc3sc4c(c3C(N)=O)CCCC4)n[nH]2)cc1. The molecule has 1 aliphatic carbocycles. The van der Waals surface area contributed by atoms with Crippen LogP contribution in [-0.4, -0.2) is 39.9 Å². The number of carbonyl (C=O) groups excluding carboxylic acids is 2. The summed E-state index contributed by atoms with van der Waals surface area (Å²) in [5.41, 5.74) is 7.91. The minimum atomic E-state index is -0.490. The van der Waals surface area contributed by atoms with Crippen LogP contribution < -0.4 is 15.8 Å². The first-order chi connectivity index (χ1) is 14.5. The van der Waals surface area contributed by atoms with Crippen LogP contribution in [0.5, 0.6) is 5.75 Å². The van der Waals surface area contributed by atoms with E-state index in [-0.39, 0.29) is 11.7 Å². The van der Waals surface area contributed by atoms with Crippen molar-refractivity contribution in [3.05, 3.63) is 40.3 Å². The van der Waals surface area contributed by atoms with Crippen molar-refractivity contribution < 1.29 is 14.3 Å². The number of H-pyrrole nitrogens is 1. The second-order valence-corrected chi connectivity index (χ2v) is 8.86. The van der Waals surface area contributed by atoms with Crippen LogP contribution in [0, 0.1) is 0 Å². The van der Waals surface area contributed by atoms with Crippen molar-refractivity contribution >= 4 is 39.9 Å². The summed E-state index contributed by atoms with van der Waals surface area (Å²) in [6.45, 7) is 0. The fraction of sp³-hybridized carbons (Fsp3) is 0.300. The van der Waals surface area contributed by atoms with Crippen molar-refractivity contribution in [2.75, 3.05) is 18.2 Å². The number of aryl methyl sites for hydroxylation is 1. The van der Waals surface area contributed by atoms with Gasteiger partial charge in [-0.2, -0.15) is 0 Å². The number of nitrogens with one attached hydrogen (secondary N) is 2. The molecule has 0 fully saturated rings. The molecular formula is C20H21N5O3S2. The minimum Gasteiger partial charge on any atom is -0.497 e. The molecular weight excluding hydrogens is 422 g/mol. The summed E-state index contributed by atoms with van der Waals surface area (Å²) < 4.78 is 5.15. The maximum absolute atomic E-state index is 12.5. The highest BCUT2D eigenvalue weighted by Gasteiger charge is 2.25. The Balaban J connectivity index is 1.39. The number of rotatable bonds is 7. The van der Waals surface area contributed by atoms with E-state index in [1.165, 1.54) is 23.1 Å². The van der Waals surface area contributed by atoms with Crippen molar-refractivity contribution in [3.8, 4) is 17.1 Å². The molecule has 4 N–H and O–H groups in total. The van der Waals surface area contributed by atoms with Gasteiger partial charge < -0.3 is 15.8 Å². The van der Waals surface area contributed by atoms with Crippen LogP contribution in [-0.2, 0) is 17.6 Å². The number of methoxy groups -OCH3 is 1. The number of primary amides is 1. The van der Waals surface area contributed by atoms with E-state index in [9.17, 15) is 9.59 Å². The van der Waals surface area contributed by atoms with Crippen LogP contribution in [0.2, 0.25) is 0 Å². The van der Waals surface area contributed by atoms with Gasteiger partial charge in [-0.3, -0.25) is 14.7 Å². The molecule has 8 nitrogen and oxygen atoms in total. The first kappa shape index (κ1) is 20.4. The van der Waals surface area contributed by atoms with Crippen molar-refractivity contribution in [1.82, 2.24) is 15.2 Å². The van der Waals surface area contributed by atoms with Crippen molar-refractivity contribution in [3.63, 3.8) is 0 Å². The lowest BCUT2D eigenvalue weighted by atomic mass is 9.95. The van der Waals surface area contributed by atoms with Crippen LogP contribution in [0.1, 0.15) is 33.6 Å². The van der Waals surface area contributed by atoms with E-state index in [0.717, 1.165) is 47.4 Å². The van der Waals surface area contributed by atoms with Crippen LogP contribution in [0.25, 0.3) is 11.4 Å². The Morgan fingerprint density at radius 2 is 2.03 bits per heavy atom. The van der Waals surface area contributed by atoms with Gasteiger partial charge in [-0.1, -0.05) is 11.8 Å². The van der Waals surface area contributed by atoms with E-state index in [4.69, 9.17) is 10.5 Å². The number of nitrogens with two attached hydrogens (primary N) is 1. The molecule has 3 aromatic rings. The van der Waals surface area contributed by atoms with Crippen LogP contribution in [0.15, 0.2) is 29.4 Å². The molecule has 0 saturated heterocycles. The molecule has 0 saturated carbocycles. The van der Waals surface area contributed by atoms with E-state index >= 15 is 0 Å². The maximum Gasteiger partial charge on any atom is 0.251 e. The summed E-state index contributed by atoms with van der Waals surface area (Å²) in [5.74, 6) is 0.783. The quantitative estimate of drug-likeness (QED) is 0.482. The number of benzene rings is 1. The summed E-state index contributed by atoms with van der Waals surface area (Å²) >= 11 is 2.67. The fourth-order valence-corrected chi connectivity index (χ4v) is 5.31. The monoisotopic (exact) mass is 443 g/mol. The number of hydrogen-bond acceptors (Lipinski definition) is 7. The Kier molecular flexibility index (Phi) is 6.05. The average molecular weight is 444 g/mol. The number of carbonyl (C=O) groups is 2. The zero-order valence-electron chi connectivity index (χ0n) is 16.4. The van der Waals surface area contributed by atoms with Gasteiger partial charge in [0.25, 0.3) is 5.91 Å². The number of thioether (sulfide) groups is 1. The van der Waals surface area contributed by atoms with Gasteiger partial charge in [0.1, 0.15) is 10.8 Å². The average Bonchev–Trinajstić information content (AvgIpc) is 3.36. The van der Waals surface area contributed by atoms with E-state index in [1.807, 2.05) is 24.3 Å². The molecule has 0 bridgehead atoms. The highest BCUT2D eigenvalue weighted by molar-refractivity contribution is 7.99. The van der Waals surface area contributed by atoms with Gasteiger partial charge in [-0.15, -0.1) is 16.4 Å². The van der Waals surface area contributed by atoms with E-state index < -0.39 is 5.91 Å². The van der Waals surface area contributed by atoms with Gasteiger partial charge in [0.2, 0.25) is 11.1 Å². The lowest BCUT2D eigenvalue weighted by Crippen LogP contribution is -2.19. The van der Waals surface area contributed by atoms with Crippen LogP contribution in [0.4, 0.5) is 5.00 Å². The lowest BCUT2D eigenvalue weighted by Gasteiger charge is -2.11. The van der Waals surface area contributed by atoms with Crippen LogP contribution >= 0.6 is 23.1 Å². The number of ether oxygens (including phenoxy) is 1. The number of nitrogens with zero attached hydrogens (tertiary/aromatic N) is 2. The Morgan fingerprint density at radius 3 is 2.77 bits per heavy atom. The van der Waals surface area contributed by atoms with Crippen molar-refractivity contribution in [2.45, 2.75) is 30.8 Å². The third kappa shape index (κ3) is 4.34. The molecule has 2 aromatic heterocycles. The highest BCUT2D eigenvalue weighted by Crippen LogP contribution is 2.38. The van der Waals surface area contributed by atoms with Crippen molar-refractivity contribution in [2.24, 2.45) is 5.73 Å². The first-order valence-electron chi connectivity index (χ1n) is 9.49. The second-order valence-electron chi connectivity index (χ2n) is 6.81. The van der Waals surface area contributed by atoms with Gasteiger partial charge in [0.15, 0.2) is 5.82 Å². The molecule has 0 radical (unpaired) electrons. The molecule has 10 heteroatoms. The smallest absolute Gasteiger partial charge is 0.251 e. The third-order valence-corrected chi connectivity index (χ3v) is 6.89. The number of thiophene rings is 1. The molecule has 0 spiro atoms. The maximum atomic E-state index is 12.5. The largest absolute Gasteiger partial charge is 0.497 e. The topological polar surface area (TPSA) is 123 Å². The normalized spacial score (nSPS) is 13.0. The van der Waals surface area contributed by atoms with Crippen LogP contribution in [0.3, 0.4) is 0 Å². The Bertz CT molecular complexity index is 1070. The molecule has 2 heterocycles. The molecule has 30 heavy (non-hydrogen) atoms. The zero-order valence-corrected chi connectivity index (χ0v) is 18.0. The second kappa shape index (κ2) is 8.88. The Morgan fingerprint density at radius 1 is 1.27 bits per heavy atom. The molecule has 4 rings (SSSR count). The van der Waals surface area contributed by atoms with Gasteiger partial charge >= 0.3 is 0 Å². The van der Waals surface area contributed by atoms with Gasteiger partial charge in [0, 0.05) is 10.4 Å². The van der Waals surface area contributed by atoms with Crippen molar-refractivity contribution in [1.29, 1.82) is 0 Å². The number of hydrogen-bond donors (Lipinski definition) is 3. The summed E-state index contributed by atoms with van der Waals surface area (Å²) in [7, 11) is 1.61. The summed E-state index contributed by atoms with van der Waals surface area (Å²) in [6, 6.07) is 7.44. The summed E-state index contributed by atoms with van der Waals surface area (Å²) in [6.07, 6.45) is 3.89. The van der Waals surface area contributed by atoms with Gasteiger partial charge in [-0.05, 0) is 55.5 Å². The van der Waals surface area contributed by atoms with Gasteiger partial charge in [-0.25, -0.2) is 4.98 Å². The Hall–Kier alpha value is -2.85. The number of aromatic amines is 1.